The number of hydrogen-bond donors (Lipinski definition) is 2. The maximum atomic E-state index is 14.0. The topological polar surface area (TPSA) is 76.4 Å². The predicted molar refractivity (Wildman–Crippen MR) is 133 cm³/mol. The molecule has 0 saturated carbocycles. The Morgan fingerprint density at radius 2 is 2.03 bits per heavy atom. The average Bonchev–Trinajstić information content (AvgIpc) is 3.12. The minimum absolute atomic E-state index is 0. The van der Waals surface area contributed by atoms with Crippen LogP contribution >= 0.6 is 24.0 Å². The van der Waals surface area contributed by atoms with E-state index in [0.717, 1.165) is 41.5 Å². The predicted octanol–water partition coefficient (Wildman–Crippen LogP) is 3.82. The Labute approximate surface area is 208 Å². The van der Waals surface area contributed by atoms with Crippen molar-refractivity contribution in [3.8, 4) is 5.75 Å². The van der Waals surface area contributed by atoms with Crippen LogP contribution in [0.1, 0.15) is 35.2 Å². The summed E-state index contributed by atoms with van der Waals surface area (Å²) in [4.78, 5) is 4.67. The van der Waals surface area contributed by atoms with Gasteiger partial charge < -0.3 is 19.9 Å². The highest BCUT2D eigenvalue weighted by molar-refractivity contribution is 14.0. The summed E-state index contributed by atoms with van der Waals surface area (Å²) in [6.07, 6.45) is 1.09. The molecule has 1 atom stereocenters. The summed E-state index contributed by atoms with van der Waals surface area (Å²) in [5.41, 5.74) is 1.37. The zero-order valence-electron chi connectivity index (χ0n) is 18.5. The number of aryl methyl sites for hydroxylation is 1. The standard InChI is InChI=1S/C23H26F2N6O.HI/c1-15-29-30-22(31(15)2)14-27-23(26-11-9-16-13-17(24)7-8-19(16)25)28-20-10-12-32-21-6-4-3-5-18(20)21;/h3-8,13,20H,9-12,14H2,1-2H3,(H2,26,27,28);1H. The van der Waals surface area contributed by atoms with Crippen molar-refractivity contribution in [1.29, 1.82) is 0 Å². The number of hydrogen-bond acceptors (Lipinski definition) is 4. The van der Waals surface area contributed by atoms with Gasteiger partial charge in [-0.05, 0) is 43.2 Å². The highest BCUT2D eigenvalue weighted by Gasteiger charge is 2.22. The molecule has 1 aromatic heterocycles. The van der Waals surface area contributed by atoms with Crippen molar-refractivity contribution in [3.05, 3.63) is 76.9 Å². The van der Waals surface area contributed by atoms with Gasteiger partial charge in [0, 0.05) is 25.6 Å². The molecule has 2 aromatic carbocycles. The summed E-state index contributed by atoms with van der Waals surface area (Å²) in [6, 6.07) is 11.4. The van der Waals surface area contributed by atoms with Gasteiger partial charge in [0.05, 0.1) is 12.6 Å². The number of halogens is 3. The van der Waals surface area contributed by atoms with Crippen LogP contribution in [-0.2, 0) is 20.0 Å². The molecular formula is C23H27F2IN6O. The highest BCUT2D eigenvalue weighted by atomic mass is 127. The molecule has 0 fully saturated rings. The van der Waals surface area contributed by atoms with Crippen LogP contribution in [0.25, 0.3) is 0 Å². The third-order valence-electron chi connectivity index (χ3n) is 5.53. The summed E-state index contributed by atoms with van der Waals surface area (Å²) in [5, 5.41) is 14.9. The molecule has 7 nitrogen and oxygen atoms in total. The average molecular weight is 568 g/mol. The van der Waals surface area contributed by atoms with Crippen molar-refractivity contribution >= 4 is 29.9 Å². The van der Waals surface area contributed by atoms with E-state index in [9.17, 15) is 8.78 Å². The first kappa shape index (κ1) is 24.9. The van der Waals surface area contributed by atoms with Crippen molar-refractivity contribution in [2.45, 2.75) is 32.4 Å². The van der Waals surface area contributed by atoms with E-state index in [0.29, 0.717) is 37.6 Å². The van der Waals surface area contributed by atoms with Crippen molar-refractivity contribution in [2.24, 2.45) is 12.0 Å². The monoisotopic (exact) mass is 568 g/mol. The van der Waals surface area contributed by atoms with E-state index in [-0.39, 0.29) is 30.0 Å². The van der Waals surface area contributed by atoms with Gasteiger partial charge in [-0.2, -0.15) is 0 Å². The van der Waals surface area contributed by atoms with Crippen LogP contribution in [0.15, 0.2) is 47.5 Å². The lowest BCUT2D eigenvalue weighted by molar-refractivity contribution is 0.261. The number of fused-ring (bicyclic) bond motifs is 1. The smallest absolute Gasteiger partial charge is 0.192 e. The van der Waals surface area contributed by atoms with Crippen LogP contribution in [0, 0.1) is 18.6 Å². The second kappa shape index (κ2) is 11.4. The van der Waals surface area contributed by atoms with Gasteiger partial charge in [-0.3, -0.25) is 0 Å². The minimum atomic E-state index is -0.454. The summed E-state index contributed by atoms with van der Waals surface area (Å²) in [6.45, 7) is 3.18. The first-order valence-electron chi connectivity index (χ1n) is 10.6. The first-order valence-corrected chi connectivity index (χ1v) is 10.6. The molecule has 0 radical (unpaired) electrons. The molecule has 0 bridgehead atoms. The van der Waals surface area contributed by atoms with Crippen LogP contribution in [-0.4, -0.2) is 33.9 Å². The van der Waals surface area contributed by atoms with E-state index < -0.39 is 11.6 Å². The molecule has 1 unspecified atom stereocenters. The van der Waals surface area contributed by atoms with Crippen molar-refractivity contribution in [2.75, 3.05) is 13.2 Å². The van der Waals surface area contributed by atoms with Gasteiger partial charge in [-0.15, -0.1) is 34.2 Å². The summed E-state index contributed by atoms with van der Waals surface area (Å²) in [7, 11) is 1.89. The molecule has 2 heterocycles. The molecule has 1 aliphatic rings. The Bertz CT molecular complexity index is 1120. The van der Waals surface area contributed by atoms with Gasteiger partial charge in [0.15, 0.2) is 11.8 Å². The van der Waals surface area contributed by atoms with Crippen molar-refractivity contribution in [3.63, 3.8) is 0 Å². The molecule has 4 rings (SSSR count). The second-order valence-electron chi connectivity index (χ2n) is 7.67. The quantitative estimate of drug-likeness (QED) is 0.269. The number of guanidine groups is 1. The van der Waals surface area contributed by atoms with E-state index in [1.807, 2.05) is 42.8 Å². The van der Waals surface area contributed by atoms with Gasteiger partial charge in [0.1, 0.15) is 29.8 Å². The molecule has 3 aromatic rings. The maximum Gasteiger partial charge on any atom is 0.192 e. The van der Waals surface area contributed by atoms with Crippen LogP contribution in [0.2, 0.25) is 0 Å². The highest BCUT2D eigenvalue weighted by Crippen LogP contribution is 2.31. The molecule has 1 aliphatic heterocycles. The Kier molecular flexibility index (Phi) is 8.59. The molecule has 0 saturated heterocycles. The van der Waals surface area contributed by atoms with Crippen LogP contribution in [0.3, 0.4) is 0 Å². The van der Waals surface area contributed by atoms with Crippen molar-refractivity contribution in [1.82, 2.24) is 25.4 Å². The number of benzene rings is 2. The molecule has 33 heavy (non-hydrogen) atoms. The lowest BCUT2D eigenvalue weighted by Gasteiger charge is -2.28. The summed E-state index contributed by atoms with van der Waals surface area (Å²) < 4.78 is 35.1. The fourth-order valence-electron chi connectivity index (χ4n) is 3.60. The molecule has 0 spiro atoms. The Morgan fingerprint density at radius 1 is 1.21 bits per heavy atom. The van der Waals surface area contributed by atoms with Gasteiger partial charge in [-0.1, -0.05) is 18.2 Å². The third-order valence-corrected chi connectivity index (χ3v) is 5.53. The Morgan fingerprint density at radius 3 is 2.82 bits per heavy atom. The third kappa shape index (κ3) is 6.18. The molecular weight excluding hydrogens is 541 g/mol. The number of para-hydroxylation sites is 1. The number of ether oxygens (including phenoxy) is 1. The fraction of sp³-hybridized carbons (Fsp3) is 0.348. The van der Waals surface area contributed by atoms with E-state index in [2.05, 4.69) is 25.8 Å². The van der Waals surface area contributed by atoms with E-state index in [4.69, 9.17) is 4.74 Å². The molecule has 176 valence electrons. The summed E-state index contributed by atoms with van der Waals surface area (Å²) in [5.74, 6) is 2.06. The van der Waals surface area contributed by atoms with E-state index in [1.54, 1.807) is 0 Å². The maximum absolute atomic E-state index is 14.0. The molecule has 0 amide bonds. The van der Waals surface area contributed by atoms with Crippen LogP contribution in [0.5, 0.6) is 5.75 Å². The van der Waals surface area contributed by atoms with Crippen LogP contribution in [0.4, 0.5) is 8.78 Å². The lowest BCUT2D eigenvalue weighted by Crippen LogP contribution is -2.42. The molecule has 0 aliphatic carbocycles. The minimum Gasteiger partial charge on any atom is -0.493 e. The second-order valence-corrected chi connectivity index (χ2v) is 7.67. The van der Waals surface area contributed by atoms with Gasteiger partial charge in [0.2, 0.25) is 0 Å². The lowest BCUT2D eigenvalue weighted by atomic mass is 10.0. The number of nitrogens with one attached hydrogen (secondary N) is 2. The van der Waals surface area contributed by atoms with Crippen molar-refractivity contribution < 1.29 is 13.5 Å². The normalized spacial score (nSPS) is 15.3. The number of rotatable bonds is 6. The number of aromatic nitrogens is 3. The zero-order chi connectivity index (χ0) is 22.5. The Balaban J connectivity index is 0.00000306. The Hall–Kier alpha value is -2.76. The zero-order valence-corrected chi connectivity index (χ0v) is 20.8. The van der Waals surface area contributed by atoms with Gasteiger partial charge in [0.25, 0.3) is 0 Å². The SMILES string of the molecule is Cc1nnc(CN=C(NCCc2cc(F)ccc2F)NC2CCOc3ccccc32)n1C.I. The van der Waals surface area contributed by atoms with E-state index in [1.165, 1.54) is 6.07 Å². The number of nitrogens with zero attached hydrogens (tertiary/aromatic N) is 4. The molecule has 2 N–H and O–H groups in total. The van der Waals surface area contributed by atoms with E-state index >= 15 is 0 Å². The first-order chi connectivity index (χ1) is 15.5. The van der Waals surface area contributed by atoms with Gasteiger partial charge in [-0.25, -0.2) is 13.8 Å². The number of aliphatic imine (C=N–C) groups is 1. The molecule has 10 heteroatoms. The fourth-order valence-corrected chi connectivity index (χ4v) is 3.60. The van der Waals surface area contributed by atoms with Gasteiger partial charge >= 0.3 is 0 Å². The summed E-state index contributed by atoms with van der Waals surface area (Å²) >= 11 is 0. The largest absolute Gasteiger partial charge is 0.493 e. The van der Waals surface area contributed by atoms with Crippen LogP contribution < -0.4 is 15.4 Å².